The lowest BCUT2D eigenvalue weighted by atomic mass is 9.70. The van der Waals surface area contributed by atoms with E-state index in [0.29, 0.717) is 6.42 Å². The summed E-state index contributed by atoms with van der Waals surface area (Å²) in [5, 5.41) is 5.20. The third kappa shape index (κ3) is 2.39. The topological polar surface area (TPSA) is 58.2 Å². The van der Waals surface area contributed by atoms with Crippen LogP contribution in [0.5, 0.6) is 0 Å². The Labute approximate surface area is 107 Å². The molecule has 0 aromatic carbocycles. The van der Waals surface area contributed by atoms with E-state index >= 15 is 0 Å². The molecule has 0 saturated carbocycles. The van der Waals surface area contributed by atoms with Crippen LogP contribution in [0.1, 0.15) is 33.6 Å². The number of allylic oxidation sites excluding steroid dienone is 2. The molecule has 1 rings (SSSR count). The molecule has 0 unspecified atom stereocenters. The van der Waals surface area contributed by atoms with Crippen LogP contribution in [-0.2, 0) is 9.59 Å². The minimum Gasteiger partial charge on any atom is -0.302 e. The zero-order chi connectivity index (χ0) is 13.1. The fourth-order valence-corrected chi connectivity index (χ4v) is 2.24. The zero-order valence-electron chi connectivity index (χ0n) is 10.4. The Morgan fingerprint density at radius 1 is 1.35 bits per heavy atom. The minimum absolute atomic E-state index is 0.0400. The third-order valence-electron chi connectivity index (χ3n) is 3.39. The highest BCUT2D eigenvalue weighted by atomic mass is 32.1. The van der Waals surface area contributed by atoms with Crippen LogP contribution in [0.4, 0.5) is 0 Å². The number of hydrogen-bond donors (Lipinski definition) is 2. The molecular weight excluding hydrogens is 236 g/mol. The van der Waals surface area contributed by atoms with E-state index in [1.807, 2.05) is 32.9 Å². The first-order valence-corrected chi connectivity index (χ1v) is 6.17. The van der Waals surface area contributed by atoms with Crippen LogP contribution in [0.3, 0.4) is 0 Å². The predicted octanol–water partition coefficient (Wildman–Crippen LogP) is 1.52. The first-order valence-electron chi connectivity index (χ1n) is 5.77. The van der Waals surface area contributed by atoms with Crippen molar-refractivity contribution in [1.29, 1.82) is 0 Å². The van der Waals surface area contributed by atoms with Gasteiger partial charge in [0.05, 0.1) is 0 Å². The van der Waals surface area contributed by atoms with Crippen LogP contribution >= 0.6 is 12.2 Å². The first-order chi connectivity index (χ1) is 7.98. The second-order valence-corrected chi connectivity index (χ2v) is 4.70. The fraction of sp³-hybridized carbons (Fsp3) is 0.583. The summed E-state index contributed by atoms with van der Waals surface area (Å²) >= 11 is 4.82. The molecular formula is C12H18N2O2S. The van der Waals surface area contributed by atoms with Gasteiger partial charge in [0.25, 0.3) is 0 Å². The summed E-state index contributed by atoms with van der Waals surface area (Å²) in [6.07, 6.45) is 4.85. The van der Waals surface area contributed by atoms with Gasteiger partial charge < -0.3 is 10.6 Å². The second-order valence-electron chi connectivity index (χ2n) is 4.29. The average Bonchev–Trinajstić information content (AvgIpc) is 2.27. The van der Waals surface area contributed by atoms with Crippen molar-refractivity contribution in [3.8, 4) is 0 Å². The minimum atomic E-state index is -1.04. The van der Waals surface area contributed by atoms with Crippen molar-refractivity contribution in [1.82, 2.24) is 10.6 Å². The second kappa shape index (κ2) is 5.40. The van der Waals surface area contributed by atoms with Gasteiger partial charge in [-0.05, 0) is 31.5 Å². The van der Waals surface area contributed by atoms with Gasteiger partial charge in [0, 0.05) is 0 Å². The third-order valence-corrected chi connectivity index (χ3v) is 3.60. The number of carbonyl (C=O) groups excluding carboxylic acids is 2. The summed E-state index contributed by atoms with van der Waals surface area (Å²) in [5.41, 5.74) is -1.04. The molecule has 2 N–H and O–H groups in total. The summed E-state index contributed by atoms with van der Waals surface area (Å²) in [6.45, 7) is 5.75. The van der Waals surface area contributed by atoms with Gasteiger partial charge in [-0.3, -0.25) is 9.59 Å². The molecule has 5 heteroatoms. The summed E-state index contributed by atoms with van der Waals surface area (Å²) < 4.78 is 0. The predicted molar refractivity (Wildman–Crippen MR) is 70.2 cm³/mol. The van der Waals surface area contributed by atoms with E-state index < -0.39 is 5.41 Å². The average molecular weight is 254 g/mol. The fourth-order valence-electron chi connectivity index (χ4n) is 2.05. The van der Waals surface area contributed by atoms with E-state index in [4.69, 9.17) is 12.2 Å². The van der Waals surface area contributed by atoms with E-state index in [1.54, 1.807) is 0 Å². The summed E-state index contributed by atoms with van der Waals surface area (Å²) in [5.74, 6) is -0.626. The Bertz CT molecular complexity index is 357. The Morgan fingerprint density at radius 3 is 2.29 bits per heavy atom. The lowest BCUT2D eigenvalue weighted by Crippen LogP contribution is -2.64. The van der Waals surface area contributed by atoms with Crippen molar-refractivity contribution >= 4 is 29.1 Å². The van der Waals surface area contributed by atoms with Crippen LogP contribution < -0.4 is 10.6 Å². The number of thiocarbonyl (C=S) groups is 1. The van der Waals surface area contributed by atoms with E-state index in [1.165, 1.54) is 0 Å². The molecule has 2 amide bonds. The van der Waals surface area contributed by atoms with Gasteiger partial charge in [-0.2, -0.15) is 0 Å². The van der Waals surface area contributed by atoms with Crippen molar-refractivity contribution in [2.75, 3.05) is 0 Å². The molecule has 0 aromatic rings. The molecule has 17 heavy (non-hydrogen) atoms. The standard InChI is InChI=1S/C12H18N2O2S/c1-4-6-7-12(8(3)5-2)9(15)13-11(17)14-10(12)16/h4,6,8H,5,7H2,1-3H3,(H2,13,14,15,16,17)/b6-4-/t8-/m0/s1. The molecule has 0 radical (unpaired) electrons. The van der Waals surface area contributed by atoms with Gasteiger partial charge in [0.15, 0.2) is 5.11 Å². The lowest BCUT2D eigenvalue weighted by molar-refractivity contribution is -0.147. The number of amides is 2. The maximum atomic E-state index is 12.1. The number of carbonyl (C=O) groups is 2. The van der Waals surface area contributed by atoms with Crippen molar-refractivity contribution in [3.05, 3.63) is 12.2 Å². The van der Waals surface area contributed by atoms with Crippen molar-refractivity contribution in [2.24, 2.45) is 11.3 Å². The number of nitrogens with one attached hydrogen (secondary N) is 2. The molecule has 0 spiro atoms. The first kappa shape index (κ1) is 13.8. The van der Waals surface area contributed by atoms with E-state index in [-0.39, 0.29) is 22.8 Å². The largest absolute Gasteiger partial charge is 0.302 e. The Hall–Kier alpha value is -1.23. The SMILES string of the molecule is C/C=C\CC1([C@@H](C)CC)C(=O)NC(=S)NC1=O. The van der Waals surface area contributed by atoms with Gasteiger partial charge in [0.2, 0.25) is 11.8 Å². The molecule has 1 atom stereocenters. The van der Waals surface area contributed by atoms with Crippen LogP contribution in [0, 0.1) is 11.3 Å². The van der Waals surface area contributed by atoms with Crippen LogP contribution in [0.15, 0.2) is 12.2 Å². The maximum Gasteiger partial charge on any atom is 0.242 e. The van der Waals surface area contributed by atoms with E-state index in [2.05, 4.69) is 10.6 Å². The molecule has 1 heterocycles. The molecule has 1 aliphatic rings. The van der Waals surface area contributed by atoms with Gasteiger partial charge in [-0.25, -0.2) is 0 Å². The van der Waals surface area contributed by atoms with Crippen LogP contribution in [-0.4, -0.2) is 16.9 Å². The summed E-state index contributed by atoms with van der Waals surface area (Å²) in [7, 11) is 0. The Morgan fingerprint density at radius 2 is 1.88 bits per heavy atom. The Kier molecular flexibility index (Phi) is 4.40. The molecule has 0 bridgehead atoms. The molecule has 0 aliphatic carbocycles. The molecule has 1 saturated heterocycles. The van der Waals surface area contributed by atoms with Gasteiger partial charge in [-0.1, -0.05) is 32.4 Å². The highest BCUT2D eigenvalue weighted by Crippen LogP contribution is 2.36. The molecule has 1 fully saturated rings. The zero-order valence-corrected chi connectivity index (χ0v) is 11.2. The summed E-state index contributed by atoms with van der Waals surface area (Å²) in [4.78, 5) is 24.3. The molecule has 94 valence electrons. The van der Waals surface area contributed by atoms with Crippen molar-refractivity contribution in [3.63, 3.8) is 0 Å². The van der Waals surface area contributed by atoms with Crippen molar-refractivity contribution < 1.29 is 9.59 Å². The molecule has 0 aromatic heterocycles. The molecule has 4 nitrogen and oxygen atoms in total. The van der Waals surface area contributed by atoms with Crippen LogP contribution in [0.2, 0.25) is 0 Å². The summed E-state index contributed by atoms with van der Waals surface area (Å²) in [6, 6.07) is 0. The molecule has 1 aliphatic heterocycles. The normalized spacial score (nSPS) is 21.2. The smallest absolute Gasteiger partial charge is 0.242 e. The number of hydrogen-bond acceptors (Lipinski definition) is 3. The quantitative estimate of drug-likeness (QED) is 0.454. The van der Waals surface area contributed by atoms with E-state index in [9.17, 15) is 9.59 Å². The van der Waals surface area contributed by atoms with Gasteiger partial charge >= 0.3 is 0 Å². The maximum absolute atomic E-state index is 12.1. The van der Waals surface area contributed by atoms with Gasteiger partial charge in [-0.15, -0.1) is 0 Å². The van der Waals surface area contributed by atoms with E-state index in [0.717, 1.165) is 6.42 Å². The number of rotatable bonds is 4. The Balaban J connectivity index is 3.15. The van der Waals surface area contributed by atoms with Crippen LogP contribution in [0.25, 0.3) is 0 Å². The highest BCUT2D eigenvalue weighted by molar-refractivity contribution is 7.80. The highest BCUT2D eigenvalue weighted by Gasteiger charge is 2.51. The van der Waals surface area contributed by atoms with Gasteiger partial charge in [0.1, 0.15) is 5.41 Å². The monoisotopic (exact) mass is 254 g/mol. The lowest BCUT2D eigenvalue weighted by Gasteiger charge is -2.38. The van der Waals surface area contributed by atoms with Crippen molar-refractivity contribution in [2.45, 2.75) is 33.6 Å².